The van der Waals surface area contributed by atoms with Gasteiger partial charge >= 0.3 is 0 Å². The Balaban J connectivity index is 0.000000853. The van der Waals surface area contributed by atoms with E-state index >= 15 is 0 Å². The highest BCUT2D eigenvalue weighted by Crippen LogP contribution is 2.30. The molecule has 2 nitrogen and oxygen atoms in total. The van der Waals surface area contributed by atoms with Crippen molar-refractivity contribution >= 4 is 18.1 Å². The number of hydrogen-bond acceptors (Lipinski definition) is 2. The van der Waals surface area contributed by atoms with E-state index in [2.05, 4.69) is 34.5 Å². The number of benzene rings is 1. The number of para-hydroxylation sites is 1. The van der Waals surface area contributed by atoms with E-state index in [4.69, 9.17) is 0 Å². The number of anilines is 1. The van der Waals surface area contributed by atoms with E-state index in [1.165, 1.54) is 37.2 Å². The summed E-state index contributed by atoms with van der Waals surface area (Å²) in [4.78, 5) is 2.58. The summed E-state index contributed by atoms with van der Waals surface area (Å²) in [6.45, 7) is 3.56. The zero-order valence-electron chi connectivity index (χ0n) is 8.78. The summed E-state index contributed by atoms with van der Waals surface area (Å²) >= 11 is 0. The Morgan fingerprint density at radius 1 is 1.27 bits per heavy atom. The smallest absolute Gasteiger partial charge is 0.0426 e. The Morgan fingerprint density at radius 2 is 2.13 bits per heavy atom. The fourth-order valence-electron chi connectivity index (χ4n) is 2.65. The standard InChI is InChI=1S/C12H16N2.ClH/c1-2-4-12-10(3-1)6-8-14(12)11-5-7-13-9-11;/h1-4,11,13H,5-9H2;1H. The summed E-state index contributed by atoms with van der Waals surface area (Å²) in [6.07, 6.45) is 2.53. The molecule has 1 saturated heterocycles. The van der Waals surface area contributed by atoms with Crippen LogP contribution in [-0.2, 0) is 6.42 Å². The highest BCUT2D eigenvalue weighted by Gasteiger charge is 2.27. The van der Waals surface area contributed by atoms with Crippen LogP contribution in [0.25, 0.3) is 0 Å². The summed E-state index contributed by atoms with van der Waals surface area (Å²) in [5.41, 5.74) is 3.00. The number of nitrogens with one attached hydrogen (secondary N) is 1. The molecule has 1 aromatic carbocycles. The molecule has 2 aliphatic rings. The lowest BCUT2D eigenvalue weighted by Crippen LogP contribution is -2.35. The number of hydrogen-bond donors (Lipinski definition) is 1. The molecule has 0 radical (unpaired) electrons. The molecule has 1 fully saturated rings. The molecule has 0 bridgehead atoms. The Hall–Kier alpha value is -0.730. The summed E-state index contributed by atoms with van der Waals surface area (Å²) < 4.78 is 0. The van der Waals surface area contributed by atoms with Crippen LogP contribution < -0.4 is 10.2 Å². The van der Waals surface area contributed by atoms with Crippen molar-refractivity contribution < 1.29 is 0 Å². The molecule has 1 aromatic rings. The lowest BCUT2D eigenvalue weighted by molar-refractivity contribution is 0.654. The van der Waals surface area contributed by atoms with E-state index < -0.39 is 0 Å². The molecule has 0 aliphatic carbocycles. The maximum atomic E-state index is 3.44. The first-order valence-corrected chi connectivity index (χ1v) is 5.50. The van der Waals surface area contributed by atoms with Crippen LogP contribution in [0.2, 0.25) is 0 Å². The van der Waals surface area contributed by atoms with Gasteiger partial charge in [-0.15, -0.1) is 12.4 Å². The zero-order valence-corrected chi connectivity index (χ0v) is 9.59. The van der Waals surface area contributed by atoms with Crippen molar-refractivity contribution in [2.45, 2.75) is 18.9 Å². The van der Waals surface area contributed by atoms with Crippen LogP contribution in [0.3, 0.4) is 0 Å². The molecule has 2 heterocycles. The van der Waals surface area contributed by atoms with E-state index in [-0.39, 0.29) is 12.4 Å². The lowest BCUT2D eigenvalue weighted by atomic mass is 10.1. The van der Waals surface area contributed by atoms with Crippen molar-refractivity contribution in [1.29, 1.82) is 0 Å². The van der Waals surface area contributed by atoms with Gasteiger partial charge in [0, 0.05) is 24.8 Å². The van der Waals surface area contributed by atoms with Gasteiger partial charge in [0.05, 0.1) is 0 Å². The van der Waals surface area contributed by atoms with Crippen LogP contribution in [0.15, 0.2) is 24.3 Å². The van der Waals surface area contributed by atoms with E-state index in [9.17, 15) is 0 Å². The third kappa shape index (κ3) is 1.84. The largest absolute Gasteiger partial charge is 0.367 e. The van der Waals surface area contributed by atoms with Crippen LogP contribution in [0, 0.1) is 0 Å². The van der Waals surface area contributed by atoms with Crippen LogP contribution in [-0.4, -0.2) is 25.7 Å². The van der Waals surface area contributed by atoms with Gasteiger partial charge in [0.2, 0.25) is 0 Å². The van der Waals surface area contributed by atoms with E-state index in [0.29, 0.717) is 0 Å². The van der Waals surface area contributed by atoms with Crippen molar-refractivity contribution in [2.24, 2.45) is 0 Å². The first-order valence-electron chi connectivity index (χ1n) is 5.50. The molecule has 2 aliphatic heterocycles. The normalized spacial score (nSPS) is 23.7. The summed E-state index contributed by atoms with van der Waals surface area (Å²) in [5.74, 6) is 0. The molecule has 15 heavy (non-hydrogen) atoms. The zero-order chi connectivity index (χ0) is 9.38. The number of halogens is 1. The van der Waals surface area contributed by atoms with Crippen LogP contribution >= 0.6 is 12.4 Å². The van der Waals surface area contributed by atoms with Gasteiger partial charge in [-0.05, 0) is 31.0 Å². The fourth-order valence-corrected chi connectivity index (χ4v) is 2.65. The minimum Gasteiger partial charge on any atom is -0.367 e. The average Bonchev–Trinajstić information content (AvgIpc) is 2.85. The van der Waals surface area contributed by atoms with Gasteiger partial charge in [0.1, 0.15) is 0 Å². The minimum atomic E-state index is 0. The Labute approximate surface area is 97.1 Å². The third-order valence-corrected chi connectivity index (χ3v) is 3.40. The van der Waals surface area contributed by atoms with Gasteiger partial charge in [-0.25, -0.2) is 0 Å². The summed E-state index contributed by atoms with van der Waals surface area (Å²) in [5, 5.41) is 3.44. The highest BCUT2D eigenvalue weighted by atomic mass is 35.5. The van der Waals surface area contributed by atoms with Crippen molar-refractivity contribution in [3.63, 3.8) is 0 Å². The fraction of sp³-hybridized carbons (Fsp3) is 0.500. The Kier molecular flexibility index (Phi) is 3.17. The van der Waals surface area contributed by atoms with Crippen molar-refractivity contribution in [2.75, 3.05) is 24.5 Å². The highest BCUT2D eigenvalue weighted by molar-refractivity contribution is 5.85. The van der Waals surface area contributed by atoms with E-state index in [0.717, 1.165) is 12.6 Å². The van der Waals surface area contributed by atoms with Crippen LogP contribution in [0.1, 0.15) is 12.0 Å². The van der Waals surface area contributed by atoms with E-state index in [1.807, 2.05) is 0 Å². The second kappa shape index (κ2) is 4.42. The summed E-state index contributed by atoms with van der Waals surface area (Å²) in [7, 11) is 0. The van der Waals surface area contributed by atoms with Gasteiger partial charge < -0.3 is 10.2 Å². The number of fused-ring (bicyclic) bond motifs is 1. The SMILES string of the molecule is Cl.c1ccc2c(c1)CCN2C1CCNC1. The van der Waals surface area contributed by atoms with Gasteiger partial charge in [-0.1, -0.05) is 18.2 Å². The van der Waals surface area contributed by atoms with Crippen LogP contribution in [0.5, 0.6) is 0 Å². The van der Waals surface area contributed by atoms with Gasteiger partial charge in [0.25, 0.3) is 0 Å². The quantitative estimate of drug-likeness (QED) is 0.783. The van der Waals surface area contributed by atoms with Gasteiger partial charge in [-0.2, -0.15) is 0 Å². The maximum Gasteiger partial charge on any atom is 0.0426 e. The van der Waals surface area contributed by atoms with Crippen LogP contribution in [0.4, 0.5) is 5.69 Å². The molecular weight excluding hydrogens is 208 g/mol. The molecule has 0 amide bonds. The number of rotatable bonds is 1. The molecule has 0 aromatic heterocycles. The first kappa shape index (κ1) is 10.8. The first-order chi connectivity index (χ1) is 6.95. The minimum absolute atomic E-state index is 0. The van der Waals surface area contributed by atoms with Gasteiger partial charge in [0.15, 0.2) is 0 Å². The predicted octanol–water partition coefficient (Wildman–Crippen LogP) is 1.83. The molecule has 3 rings (SSSR count). The molecule has 0 saturated carbocycles. The molecule has 0 spiro atoms. The molecule has 82 valence electrons. The monoisotopic (exact) mass is 224 g/mol. The average molecular weight is 225 g/mol. The second-order valence-electron chi connectivity index (χ2n) is 4.22. The van der Waals surface area contributed by atoms with Crippen molar-refractivity contribution in [3.8, 4) is 0 Å². The molecule has 3 heteroatoms. The molecule has 1 atom stereocenters. The molecule has 1 unspecified atom stereocenters. The molecule has 1 N–H and O–H groups in total. The topological polar surface area (TPSA) is 15.3 Å². The predicted molar refractivity (Wildman–Crippen MR) is 66.0 cm³/mol. The lowest BCUT2D eigenvalue weighted by Gasteiger charge is -2.26. The number of nitrogens with zero attached hydrogens (tertiary/aromatic N) is 1. The Morgan fingerprint density at radius 3 is 2.93 bits per heavy atom. The third-order valence-electron chi connectivity index (χ3n) is 3.40. The molecular formula is C12H17ClN2. The maximum absolute atomic E-state index is 3.44. The van der Waals surface area contributed by atoms with Gasteiger partial charge in [-0.3, -0.25) is 0 Å². The summed E-state index contributed by atoms with van der Waals surface area (Å²) in [6, 6.07) is 9.56. The van der Waals surface area contributed by atoms with Crippen molar-refractivity contribution in [1.82, 2.24) is 5.32 Å². The van der Waals surface area contributed by atoms with Crippen molar-refractivity contribution in [3.05, 3.63) is 29.8 Å². The second-order valence-corrected chi connectivity index (χ2v) is 4.22. The van der Waals surface area contributed by atoms with E-state index in [1.54, 1.807) is 0 Å². The Bertz CT molecular complexity index is 334.